The third-order valence-corrected chi connectivity index (χ3v) is 2.51. The van der Waals surface area contributed by atoms with Gasteiger partial charge in [0.05, 0.1) is 0 Å². The monoisotopic (exact) mass is 229 g/mol. The molecule has 0 radical (unpaired) electrons. The zero-order valence-corrected chi connectivity index (χ0v) is 10.3. The molecule has 1 amide bonds. The summed E-state index contributed by atoms with van der Waals surface area (Å²) in [6, 6.07) is 0. The third kappa shape index (κ3) is 9.49. The van der Waals surface area contributed by atoms with Crippen molar-refractivity contribution in [3.63, 3.8) is 0 Å². The molecule has 0 rings (SSSR count). The Morgan fingerprint density at radius 1 is 1.25 bits per heavy atom. The number of carbonyl (C=O) groups excluding carboxylic acids is 1. The van der Waals surface area contributed by atoms with Gasteiger partial charge in [-0.3, -0.25) is 9.59 Å². The molecular formula is C12H23NO3. The maximum atomic E-state index is 11.3. The Hall–Kier alpha value is -1.06. The number of rotatable bonds is 9. The highest BCUT2D eigenvalue weighted by atomic mass is 16.4. The van der Waals surface area contributed by atoms with Crippen LogP contribution in [0.3, 0.4) is 0 Å². The first-order chi connectivity index (χ1) is 7.56. The van der Waals surface area contributed by atoms with Gasteiger partial charge in [-0.15, -0.1) is 0 Å². The minimum absolute atomic E-state index is 0.0793. The second-order valence-electron chi connectivity index (χ2n) is 4.30. The number of nitrogens with one attached hydrogen (secondary N) is 1. The molecule has 0 aliphatic heterocycles. The van der Waals surface area contributed by atoms with Gasteiger partial charge in [0.25, 0.3) is 0 Å². The van der Waals surface area contributed by atoms with Crippen LogP contribution in [0.15, 0.2) is 0 Å². The molecule has 0 bridgehead atoms. The molecule has 1 atom stereocenters. The van der Waals surface area contributed by atoms with Crippen molar-refractivity contribution < 1.29 is 14.7 Å². The molecule has 1 unspecified atom stereocenters. The van der Waals surface area contributed by atoms with E-state index in [2.05, 4.69) is 12.2 Å². The molecule has 0 aliphatic carbocycles. The third-order valence-electron chi connectivity index (χ3n) is 2.51. The zero-order chi connectivity index (χ0) is 12.4. The predicted molar refractivity (Wildman–Crippen MR) is 63.2 cm³/mol. The van der Waals surface area contributed by atoms with Crippen LogP contribution in [0, 0.1) is 5.92 Å². The van der Waals surface area contributed by atoms with Crippen LogP contribution in [-0.2, 0) is 9.59 Å². The summed E-state index contributed by atoms with van der Waals surface area (Å²) in [7, 11) is 0. The molecule has 0 saturated carbocycles. The average molecular weight is 229 g/mol. The lowest BCUT2D eigenvalue weighted by Crippen LogP contribution is -2.28. The Balaban J connectivity index is 3.47. The van der Waals surface area contributed by atoms with Crippen LogP contribution >= 0.6 is 0 Å². The standard InChI is InChI=1S/C12H23NO3/c1-3-4-5-6-11(14)13-9-10(2)7-8-12(15)16/h10H,3-9H2,1-2H3,(H,13,14)(H,15,16). The van der Waals surface area contributed by atoms with Gasteiger partial charge in [-0.2, -0.15) is 0 Å². The number of hydrogen-bond acceptors (Lipinski definition) is 2. The summed E-state index contributed by atoms with van der Waals surface area (Å²) in [6.07, 6.45) is 4.51. The highest BCUT2D eigenvalue weighted by Gasteiger charge is 2.07. The summed E-state index contributed by atoms with van der Waals surface area (Å²) in [5.74, 6) is -0.469. The zero-order valence-electron chi connectivity index (χ0n) is 10.3. The van der Waals surface area contributed by atoms with Crippen molar-refractivity contribution in [2.45, 2.75) is 52.4 Å². The van der Waals surface area contributed by atoms with Crippen LogP contribution in [0.1, 0.15) is 52.4 Å². The van der Waals surface area contributed by atoms with Crippen molar-refractivity contribution in [2.24, 2.45) is 5.92 Å². The van der Waals surface area contributed by atoms with Gasteiger partial charge in [-0.25, -0.2) is 0 Å². The predicted octanol–water partition coefficient (Wildman–Crippen LogP) is 2.18. The fourth-order valence-corrected chi connectivity index (χ4v) is 1.38. The highest BCUT2D eigenvalue weighted by molar-refractivity contribution is 5.75. The van der Waals surface area contributed by atoms with E-state index in [0.717, 1.165) is 19.3 Å². The first kappa shape index (κ1) is 14.9. The van der Waals surface area contributed by atoms with Crippen LogP contribution in [0.4, 0.5) is 0 Å². The molecule has 0 aromatic carbocycles. The van der Waals surface area contributed by atoms with Crippen LogP contribution in [0.25, 0.3) is 0 Å². The second kappa shape index (κ2) is 9.19. The van der Waals surface area contributed by atoms with E-state index in [0.29, 0.717) is 19.4 Å². The topological polar surface area (TPSA) is 66.4 Å². The molecule has 0 aromatic heterocycles. The summed E-state index contributed by atoms with van der Waals surface area (Å²) >= 11 is 0. The van der Waals surface area contributed by atoms with Crippen LogP contribution in [-0.4, -0.2) is 23.5 Å². The lowest BCUT2D eigenvalue weighted by Gasteiger charge is -2.11. The van der Waals surface area contributed by atoms with Crippen molar-refractivity contribution in [1.29, 1.82) is 0 Å². The van der Waals surface area contributed by atoms with E-state index >= 15 is 0 Å². The molecule has 2 N–H and O–H groups in total. The number of carboxylic acid groups (broad SMARTS) is 1. The molecule has 0 heterocycles. The number of amides is 1. The number of hydrogen-bond donors (Lipinski definition) is 2. The lowest BCUT2D eigenvalue weighted by atomic mass is 10.1. The van der Waals surface area contributed by atoms with Crippen LogP contribution < -0.4 is 5.32 Å². The van der Waals surface area contributed by atoms with E-state index in [1.165, 1.54) is 0 Å². The van der Waals surface area contributed by atoms with Gasteiger partial charge < -0.3 is 10.4 Å². The van der Waals surface area contributed by atoms with Crippen molar-refractivity contribution >= 4 is 11.9 Å². The molecule has 94 valence electrons. The average Bonchev–Trinajstić information content (AvgIpc) is 2.24. The summed E-state index contributed by atoms with van der Waals surface area (Å²) < 4.78 is 0. The molecule has 0 saturated heterocycles. The van der Waals surface area contributed by atoms with Gasteiger partial charge in [-0.1, -0.05) is 26.7 Å². The Labute approximate surface area is 97.4 Å². The summed E-state index contributed by atoms with van der Waals surface area (Å²) in [5.41, 5.74) is 0. The Morgan fingerprint density at radius 2 is 1.94 bits per heavy atom. The van der Waals surface area contributed by atoms with Crippen LogP contribution in [0.5, 0.6) is 0 Å². The lowest BCUT2D eigenvalue weighted by molar-refractivity contribution is -0.137. The fourth-order valence-electron chi connectivity index (χ4n) is 1.38. The van der Waals surface area contributed by atoms with Gasteiger partial charge in [0.15, 0.2) is 0 Å². The van der Waals surface area contributed by atoms with E-state index in [9.17, 15) is 9.59 Å². The second-order valence-corrected chi connectivity index (χ2v) is 4.30. The fraction of sp³-hybridized carbons (Fsp3) is 0.833. The van der Waals surface area contributed by atoms with E-state index < -0.39 is 5.97 Å². The van der Waals surface area contributed by atoms with Gasteiger partial charge in [-0.05, 0) is 18.8 Å². The smallest absolute Gasteiger partial charge is 0.303 e. The SMILES string of the molecule is CCCCCC(=O)NCC(C)CCC(=O)O. The number of aliphatic carboxylic acids is 1. The minimum atomic E-state index is -0.777. The number of carboxylic acids is 1. The molecule has 0 spiro atoms. The van der Waals surface area contributed by atoms with Gasteiger partial charge >= 0.3 is 5.97 Å². The van der Waals surface area contributed by atoms with E-state index in [-0.39, 0.29) is 18.2 Å². The molecule has 0 aliphatic rings. The molecule has 16 heavy (non-hydrogen) atoms. The van der Waals surface area contributed by atoms with Gasteiger partial charge in [0.2, 0.25) is 5.91 Å². The molecule has 0 fully saturated rings. The Bertz CT molecular complexity index is 216. The largest absolute Gasteiger partial charge is 0.481 e. The van der Waals surface area contributed by atoms with Crippen molar-refractivity contribution in [3.05, 3.63) is 0 Å². The Kier molecular flexibility index (Phi) is 8.58. The first-order valence-corrected chi connectivity index (χ1v) is 6.04. The summed E-state index contributed by atoms with van der Waals surface area (Å²) in [5, 5.41) is 11.3. The number of unbranched alkanes of at least 4 members (excludes halogenated alkanes) is 2. The van der Waals surface area contributed by atoms with Crippen molar-refractivity contribution in [2.75, 3.05) is 6.54 Å². The maximum absolute atomic E-state index is 11.3. The summed E-state index contributed by atoms with van der Waals surface area (Å²) in [4.78, 5) is 21.7. The van der Waals surface area contributed by atoms with Crippen molar-refractivity contribution in [3.8, 4) is 0 Å². The highest BCUT2D eigenvalue weighted by Crippen LogP contribution is 2.04. The molecule has 4 nitrogen and oxygen atoms in total. The molecule has 0 aromatic rings. The first-order valence-electron chi connectivity index (χ1n) is 6.04. The molecular weight excluding hydrogens is 206 g/mol. The van der Waals surface area contributed by atoms with Crippen molar-refractivity contribution in [1.82, 2.24) is 5.32 Å². The maximum Gasteiger partial charge on any atom is 0.303 e. The molecule has 4 heteroatoms. The quantitative estimate of drug-likeness (QED) is 0.595. The van der Waals surface area contributed by atoms with E-state index in [1.807, 2.05) is 6.92 Å². The van der Waals surface area contributed by atoms with Gasteiger partial charge in [0.1, 0.15) is 0 Å². The van der Waals surface area contributed by atoms with Gasteiger partial charge in [0, 0.05) is 19.4 Å². The Morgan fingerprint density at radius 3 is 2.50 bits per heavy atom. The van der Waals surface area contributed by atoms with E-state index in [4.69, 9.17) is 5.11 Å². The minimum Gasteiger partial charge on any atom is -0.481 e. The normalized spacial score (nSPS) is 12.1. The number of carbonyl (C=O) groups is 2. The van der Waals surface area contributed by atoms with Crippen LogP contribution in [0.2, 0.25) is 0 Å². The van der Waals surface area contributed by atoms with E-state index in [1.54, 1.807) is 0 Å². The summed E-state index contributed by atoms with van der Waals surface area (Å²) in [6.45, 7) is 4.64.